The van der Waals surface area contributed by atoms with E-state index in [2.05, 4.69) is 0 Å². The minimum absolute atomic E-state index is 0.00236. The van der Waals surface area contributed by atoms with Crippen molar-refractivity contribution in [2.24, 2.45) is 17.8 Å². The predicted molar refractivity (Wildman–Crippen MR) is 65.0 cm³/mol. The number of carbonyl (C=O) groups is 2. The number of amides is 1. The van der Waals surface area contributed by atoms with Gasteiger partial charge in [0.1, 0.15) is 0 Å². The Morgan fingerprint density at radius 1 is 1.22 bits per heavy atom. The van der Waals surface area contributed by atoms with E-state index < -0.39 is 11.9 Å². The lowest BCUT2D eigenvalue weighted by atomic mass is 9.94. The highest BCUT2D eigenvalue weighted by Gasteiger charge is 2.43. The number of carbonyl (C=O) groups excluding carboxylic acids is 1. The molecular formula is C13H21NO4. The first-order chi connectivity index (χ1) is 8.50. The number of morpholine rings is 1. The van der Waals surface area contributed by atoms with Gasteiger partial charge in [0, 0.05) is 6.54 Å². The summed E-state index contributed by atoms with van der Waals surface area (Å²) in [7, 11) is 0. The zero-order chi connectivity index (χ0) is 13.3. The summed E-state index contributed by atoms with van der Waals surface area (Å²) in [5.74, 6) is -1.38. The lowest BCUT2D eigenvalue weighted by Gasteiger charge is -2.35. The van der Waals surface area contributed by atoms with Gasteiger partial charge in [-0.25, -0.2) is 0 Å². The van der Waals surface area contributed by atoms with Crippen LogP contribution in [0, 0.1) is 17.8 Å². The van der Waals surface area contributed by atoms with Crippen molar-refractivity contribution in [3.8, 4) is 0 Å². The maximum absolute atomic E-state index is 12.5. The van der Waals surface area contributed by atoms with Crippen LogP contribution >= 0.6 is 0 Å². The highest BCUT2D eigenvalue weighted by atomic mass is 16.5. The second-order valence-corrected chi connectivity index (χ2v) is 5.58. The molecule has 0 aromatic heterocycles. The molecule has 1 aliphatic heterocycles. The van der Waals surface area contributed by atoms with Crippen LogP contribution in [0.25, 0.3) is 0 Å². The van der Waals surface area contributed by atoms with Gasteiger partial charge in [-0.15, -0.1) is 0 Å². The molecule has 18 heavy (non-hydrogen) atoms. The number of carboxylic acid groups (broad SMARTS) is 1. The minimum atomic E-state index is -0.835. The van der Waals surface area contributed by atoms with E-state index in [1.165, 1.54) is 0 Å². The van der Waals surface area contributed by atoms with Crippen molar-refractivity contribution in [2.75, 3.05) is 19.8 Å². The Bertz CT molecular complexity index is 344. The van der Waals surface area contributed by atoms with Crippen molar-refractivity contribution in [2.45, 2.75) is 32.7 Å². The molecule has 3 unspecified atom stereocenters. The van der Waals surface area contributed by atoms with Gasteiger partial charge in [-0.2, -0.15) is 0 Å². The third-order valence-electron chi connectivity index (χ3n) is 4.08. The maximum Gasteiger partial charge on any atom is 0.307 e. The second-order valence-electron chi connectivity index (χ2n) is 5.58. The summed E-state index contributed by atoms with van der Waals surface area (Å²) in [6, 6.07) is 0.0524. The van der Waals surface area contributed by atoms with Gasteiger partial charge in [0.2, 0.25) is 5.91 Å². The summed E-state index contributed by atoms with van der Waals surface area (Å²) in [6.45, 7) is 5.65. The standard InChI is InChI=1S/C13H21NO4/c1-8-5-10(11(6-8)13(16)17)12(15)14-3-4-18-7-9(14)2/h8-11H,3-7H2,1-2H3,(H,16,17)/t8?,9-,10?,11?/m1/s1. The van der Waals surface area contributed by atoms with E-state index in [1.807, 2.05) is 13.8 Å². The summed E-state index contributed by atoms with van der Waals surface area (Å²) in [6.07, 6.45) is 1.31. The molecule has 0 bridgehead atoms. The quantitative estimate of drug-likeness (QED) is 0.798. The SMILES string of the molecule is CC1CC(C(=O)O)C(C(=O)N2CCOC[C@H]2C)C1. The molecule has 2 aliphatic rings. The highest BCUT2D eigenvalue weighted by Crippen LogP contribution is 2.38. The van der Waals surface area contributed by atoms with Crippen LogP contribution in [-0.4, -0.2) is 47.7 Å². The van der Waals surface area contributed by atoms with Gasteiger partial charge in [0.05, 0.1) is 31.1 Å². The van der Waals surface area contributed by atoms with Gasteiger partial charge < -0.3 is 14.7 Å². The van der Waals surface area contributed by atoms with Crippen molar-refractivity contribution in [3.05, 3.63) is 0 Å². The Morgan fingerprint density at radius 3 is 2.50 bits per heavy atom. The molecule has 1 saturated heterocycles. The van der Waals surface area contributed by atoms with Crippen molar-refractivity contribution in [1.29, 1.82) is 0 Å². The molecule has 0 aromatic carbocycles. The van der Waals surface area contributed by atoms with Gasteiger partial charge in [-0.05, 0) is 25.7 Å². The maximum atomic E-state index is 12.5. The van der Waals surface area contributed by atoms with E-state index in [9.17, 15) is 14.7 Å². The average molecular weight is 255 g/mol. The molecule has 1 saturated carbocycles. The fraction of sp³-hybridized carbons (Fsp3) is 0.846. The number of rotatable bonds is 2. The van der Waals surface area contributed by atoms with Crippen LogP contribution in [0.1, 0.15) is 26.7 Å². The summed E-state index contributed by atoms with van der Waals surface area (Å²) < 4.78 is 5.31. The first-order valence-corrected chi connectivity index (χ1v) is 6.61. The summed E-state index contributed by atoms with van der Waals surface area (Å²) in [4.78, 5) is 25.5. The molecule has 4 atom stereocenters. The summed E-state index contributed by atoms with van der Waals surface area (Å²) in [5, 5.41) is 9.22. The van der Waals surface area contributed by atoms with Crippen LogP contribution in [0.2, 0.25) is 0 Å². The first kappa shape index (κ1) is 13.3. The van der Waals surface area contributed by atoms with E-state index in [0.717, 1.165) is 0 Å². The molecule has 1 amide bonds. The zero-order valence-electron chi connectivity index (χ0n) is 11.0. The number of hydrogen-bond acceptors (Lipinski definition) is 3. The van der Waals surface area contributed by atoms with Gasteiger partial charge >= 0.3 is 5.97 Å². The predicted octanol–water partition coefficient (Wildman–Crippen LogP) is 0.981. The van der Waals surface area contributed by atoms with Gasteiger partial charge in [-0.3, -0.25) is 9.59 Å². The van der Waals surface area contributed by atoms with Gasteiger partial charge in [-0.1, -0.05) is 6.92 Å². The average Bonchev–Trinajstić information content (AvgIpc) is 2.71. The fourth-order valence-corrected chi connectivity index (χ4v) is 3.11. The fourth-order valence-electron chi connectivity index (χ4n) is 3.11. The molecule has 102 valence electrons. The number of nitrogens with zero attached hydrogens (tertiary/aromatic N) is 1. The first-order valence-electron chi connectivity index (χ1n) is 6.61. The van der Waals surface area contributed by atoms with Gasteiger partial charge in [0.15, 0.2) is 0 Å². The number of ether oxygens (including phenoxy) is 1. The van der Waals surface area contributed by atoms with Crippen LogP contribution in [-0.2, 0) is 14.3 Å². The monoisotopic (exact) mass is 255 g/mol. The molecule has 1 heterocycles. The van der Waals surface area contributed by atoms with E-state index in [1.54, 1.807) is 4.90 Å². The number of hydrogen-bond donors (Lipinski definition) is 1. The Hall–Kier alpha value is -1.10. The molecule has 1 aliphatic carbocycles. The molecule has 0 radical (unpaired) electrons. The van der Waals surface area contributed by atoms with E-state index in [4.69, 9.17) is 4.74 Å². The minimum Gasteiger partial charge on any atom is -0.481 e. The number of carboxylic acids is 1. The lowest BCUT2D eigenvalue weighted by molar-refractivity contribution is -0.152. The van der Waals surface area contributed by atoms with E-state index >= 15 is 0 Å². The molecular weight excluding hydrogens is 234 g/mol. The normalized spacial score (nSPS) is 36.7. The molecule has 0 spiro atoms. The Labute approximate surface area is 107 Å². The molecule has 2 rings (SSSR count). The van der Waals surface area contributed by atoms with Crippen LogP contribution in [0.3, 0.4) is 0 Å². The zero-order valence-corrected chi connectivity index (χ0v) is 11.0. The topological polar surface area (TPSA) is 66.8 Å². The molecule has 2 fully saturated rings. The third-order valence-corrected chi connectivity index (χ3v) is 4.08. The highest BCUT2D eigenvalue weighted by molar-refractivity contribution is 5.85. The van der Waals surface area contributed by atoms with Crippen molar-refractivity contribution < 1.29 is 19.4 Å². The summed E-state index contributed by atoms with van der Waals surface area (Å²) >= 11 is 0. The van der Waals surface area contributed by atoms with E-state index in [-0.39, 0.29) is 17.9 Å². The largest absolute Gasteiger partial charge is 0.481 e. The molecule has 5 heteroatoms. The summed E-state index contributed by atoms with van der Waals surface area (Å²) in [5.41, 5.74) is 0. The lowest BCUT2D eigenvalue weighted by Crippen LogP contribution is -2.50. The van der Waals surface area contributed by atoms with Crippen molar-refractivity contribution >= 4 is 11.9 Å². The van der Waals surface area contributed by atoms with Crippen molar-refractivity contribution in [1.82, 2.24) is 4.90 Å². The van der Waals surface area contributed by atoms with Crippen molar-refractivity contribution in [3.63, 3.8) is 0 Å². The second kappa shape index (κ2) is 5.26. The molecule has 1 N–H and O–H groups in total. The van der Waals surface area contributed by atoms with Crippen LogP contribution in [0.15, 0.2) is 0 Å². The van der Waals surface area contributed by atoms with Crippen LogP contribution in [0.4, 0.5) is 0 Å². The smallest absolute Gasteiger partial charge is 0.307 e. The Balaban J connectivity index is 2.09. The van der Waals surface area contributed by atoms with Crippen LogP contribution in [0.5, 0.6) is 0 Å². The molecule has 0 aromatic rings. The van der Waals surface area contributed by atoms with Gasteiger partial charge in [0.25, 0.3) is 0 Å². The number of aliphatic carboxylic acids is 1. The molecule has 5 nitrogen and oxygen atoms in total. The third kappa shape index (κ3) is 2.51. The Morgan fingerprint density at radius 2 is 1.89 bits per heavy atom. The van der Waals surface area contributed by atoms with E-state index in [0.29, 0.717) is 38.5 Å². The van der Waals surface area contributed by atoms with Crippen LogP contribution < -0.4 is 0 Å². The Kier molecular flexibility index (Phi) is 3.90.